The van der Waals surface area contributed by atoms with E-state index in [1.54, 1.807) is 19.1 Å². The quantitative estimate of drug-likeness (QED) is 0.519. The maximum atomic E-state index is 11.4. The number of hydrogen-bond acceptors (Lipinski definition) is 4. The van der Waals surface area contributed by atoms with Crippen molar-refractivity contribution in [2.45, 2.75) is 24.1 Å². The van der Waals surface area contributed by atoms with Crippen LogP contribution in [-0.4, -0.2) is 12.6 Å². The standard InChI is InChI=1S/C12H12ClNO2S/c1-2-16-12(15)5-8-3-9(6-13)11(17)4-10(8)7-14/h3-4,17H,2,5-6H2,1H3. The summed E-state index contributed by atoms with van der Waals surface area (Å²) in [5.74, 6) is -0.0585. The van der Waals surface area contributed by atoms with Gasteiger partial charge in [-0.2, -0.15) is 5.26 Å². The van der Waals surface area contributed by atoms with Gasteiger partial charge in [-0.3, -0.25) is 4.79 Å². The van der Waals surface area contributed by atoms with E-state index in [2.05, 4.69) is 12.6 Å². The monoisotopic (exact) mass is 269 g/mol. The van der Waals surface area contributed by atoms with Gasteiger partial charge in [0.15, 0.2) is 0 Å². The molecule has 1 aromatic rings. The van der Waals surface area contributed by atoms with E-state index in [1.165, 1.54) is 0 Å². The van der Waals surface area contributed by atoms with Gasteiger partial charge in [0.2, 0.25) is 0 Å². The minimum atomic E-state index is -0.351. The van der Waals surface area contributed by atoms with Crippen LogP contribution in [0.2, 0.25) is 0 Å². The van der Waals surface area contributed by atoms with Crippen LogP contribution in [0.4, 0.5) is 0 Å². The number of hydrogen-bond donors (Lipinski definition) is 1. The van der Waals surface area contributed by atoms with Gasteiger partial charge in [0.1, 0.15) is 0 Å². The summed E-state index contributed by atoms with van der Waals surface area (Å²) in [4.78, 5) is 12.0. The Morgan fingerprint density at radius 3 is 2.76 bits per heavy atom. The fourth-order valence-electron chi connectivity index (χ4n) is 1.41. The summed E-state index contributed by atoms with van der Waals surface area (Å²) in [6.07, 6.45) is 0.0781. The third kappa shape index (κ3) is 3.65. The summed E-state index contributed by atoms with van der Waals surface area (Å²) < 4.78 is 4.85. The molecule has 0 aliphatic heterocycles. The zero-order valence-electron chi connectivity index (χ0n) is 9.36. The van der Waals surface area contributed by atoms with Gasteiger partial charge in [0, 0.05) is 10.8 Å². The molecule has 0 aliphatic carbocycles. The van der Waals surface area contributed by atoms with Crippen LogP contribution in [0.5, 0.6) is 0 Å². The van der Waals surface area contributed by atoms with E-state index >= 15 is 0 Å². The van der Waals surface area contributed by atoms with Crippen molar-refractivity contribution in [3.63, 3.8) is 0 Å². The van der Waals surface area contributed by atoms with E-state index in [0.29, 0.717) is 28.5 Å². The fraction of sp³-hybridized carbons (Fsp3) is 0.333. The second-order valence-electron chi connectivity index (χ2n) is 3.37. The number of rotatable bonds is 4. The topological polar surface area (TPSA) is 50.1 Å². The number of esters is 1. The Balaban J connectivity index is 3.05. The molecule has 0 saturated heterocycles. The third-order valence-electron chi connectivity index (χ3n) is 2.21. The lowest BCUT2D eigenvalue weighted by Gasteiger charge is -2.08. The molecule has 0 heterocycles. The van der Waals surface area contributed by atoms with E-state index in [-0.39, 0.29) is 12.4 Å². The summed E-state index contributed by atoms with van der Waals surface area (Å²) >= 11 is 9.98. The molecule has 0 aromatic heterocycles. The van der Waals surface area contributed by atoms with Crippen molar-refractivity contribution in [1.82, 2.24) is 0 Å². The summed E-state index contributed by atoms with van der Waals surface area (Å²) in [5.41, 5.74) is 1.85. The molecule has 1 rings (SSSR count). The minimum Gasteiger partial charge on any atom is -0.466 e. The second-order valence-corrected chi connectivity index (χ2v) is 4.11. The first-order chi connectivity index (χ1) is 8.12. The lowest BCUT2D eigenvalue weighted by Crippen LogP contribution is -2.09. The van der Waals surface area contributed by atoms with Crippen molar-refractivity contribution >= 4 is 30.2 Å². The van der Waals surface area contributed by atoms with Crippen molar-refractivity contribution in [3.8, 4) is 6.07 Å². The maximum Gasteiger partial charge on any atom is 0.310 e. The molecule has 0 N–H and O–H groups in total. The van der Waals surface area contributed by atoms with E-state index in [9.17, 15) is 4.79 Å². The van der Waals surface area contributed by atoms with Crippen molar-refractivity contribution < 1.29 is 9.53 Å². The second kappa shape index (κ2) is 6.53. The molecule has 5 heteroatoms. The van der Waals surface area contributed by atoms with Crippen LogP contribution in [0.3, 0.4) is 0 Å². The lowest BCUT2D eigenvalue weighted by molar-refractivity contribution is -0.142. The Kier molecular flexibility index (Phi) is 5.33. The number of halogens is 1. The highest BCUT2D eigenvalue weighted by atomic mass is 35.5. The van der Waals surface area contributed by atoms with Crippen molar-refractivity contribution in [3.05, 3.63) is 28.8 Å². The number of carbonyl (C=O) groups excluding carboxylic acids is 1. The zero-order valence-corrected chi connectivity index (χ0v) is 11.0. The normalized spacial score (nSPS) is 9.76. The van der Waals surface area contributed by atoms with E-state index in [4.69, 9.17) is 21.6 Å². The molecule has 1 aromatic carbocycles. The van der Waals surface area contributed by atoms with Crippen LogP contribution in [0.25, 0.3) is 0 Å². The van der Waals surface area contributed by atoms with Crippen LogP contribution >= 0.6 is 24.2 Å². The zero-order chi connectivity index (χ0) is 12.8. The highest BCUT2D eigenvalue weighted by Crippen LogP contribution is 2.22. The Morgan fingerprint density at radius 1 is 1.53 bits per heavy atom. The molecule has 0 saturated carbocycles. The SMILES string of the molecule is CCOC(=O)Cc1cc(CCl)c(S)cc1C#N. The van der Waals surface area contributed by atoms with E-state index in [0.717, 1.165) is 5.56 Å². The van der Waals surface area contributed by atoms with E-state index < -0.39 is 0 Å². The summed E-state index contributed by atoms with van der Waals surface area (Å²) in [6, 6.07) is 5.38. The predicted octanol–water partition coefficient (Wildman–Crippen LogP) is 2.69. The van der Waals surface area contributed by atoms with Crippen molar-refractivity contribution in [2.75, 3.05) is 6.61 Å². The van der Waals surface area contributed by atoms with Crippen LogP contribution in [-0.2, 0) is 21.8 Å². The number of alkyl halides is 1. The highest BCUT2D eigenvalue weighted by molar-refractivity contribution is 7.80. The molecule has 17 heavy (non-hydrogen) atoms. The largest absolute Gasteiger partial charge is 0.466 e. The molecule has 0 fully saturated rings. The van der Waals surface area contributed by atoms with Gasteiger partial charge in [-0.1, -0.05) is 6.07 Å². The first-order valence-electron chi connectivity index (χ1n) is 5.08. The molecule has 0 spiro atoms. The average molecular weight is 270 g/mol. The molecule has 0 amide bonds. The Bertz CT molecular complexity index is 468. The van der Waals surface area contributed by atoms with Crippen LogP contribution in [0.1, 0.15) is 23.6 Å². The van der Waals surface area contributed by atoms with Gasteiger partial charge in [-0.05, 0) is 24.1 Å². The number of thiol groups is 1. The van der Waals surface area contributed by atoms with Gasteiger partial charge in [-0.15, -0.1) is 24.2 Å². The van der Waals surface area contributed by atoms with Gasteiger partial charge < -0.3 is 4.74 Å². The summed E-state index contributed by atoms with van der Waals surface area (Å²) in [7, 11) is 0. The predicted molar refractivity (Wildman–Crippen MR) is 68.3 cm³/mol. The molecular formula is C12H12ClNO2S. The molecule has 0 aliphatic rings. The number of nitriles is 1. The van der Waals surface area contributed by atoms with Gasteiger partial charge in [0.25, 0.3) is 0 Å². The van der Waals surface area contributed by atoms with Crippen molar-refractivity contribution in [2.24, 2.45) is 0 Å². The molecule has 90 valence electrons. The molecule has 0 radical (unpaired) electrons. The number of benzene rings is 1. The van der Waals surface area contributed by atoms with Crippen LogP contribution in [0, 0.1) is 11.3 Å². The Morgan fingerprint density at radius 2 is 2.24 bits per heavy atom. The summed E-state index contributed by atoms with van der Waals surface area (Å²) in [6.45, 7) is 2.07. The minimum absolute atomic E-state index is 0.0781. The van der Waals surface area contributed by atoms with Gasteiger partial charge in [0.05, 0.1) is 24.7 Å². The highest BCUT2D eigenvalue weighted by Gasteiger charge is 2.11. The van der Waals surface area contributed by atoms with Crippen LogP contribution in [0.15, 0.2) is 17.0 Å². The number of ether oxygens (including phenoxy) is 1. The molecular weight excluding hydrogens is 258 g/mol. The lowest BCUT2D eigenvalue weighted by atomic mass is 10.0. The fourth-order valence-corrected chi connectivity index (χ4v) is 2.00. The van der Waals surface area contributed by atoms with E-state index in [1.807, 2.05) is 6.07 Å². The van der Waals surface area contributed by atoms with Gasteiger partial charge in [-0.25, -0.2) is 0 Å². The van der Waals surface area contributed by atoms with Crippen molar-refractivity contribution in [1.29, 1.82) is 5.26 Å². The smallest absolute Gasteiger partial charge is 0.310 e. The molecule has 0 unspecified atom stereocenters. The average Bonchev–Trinajstić information content (AvgIpc) is 2.31. The Labute approximate surface area is 111 Å². The van der Waals surface area contributed by atoms with Gasteiger partial charge >= 0.3 is 5.97 Å². The molecule has 3 nitrogen and oxygen atoms in total. The third-order valence-corrected chi connectivity index (χ3v) is 2.91. The number of carbonyl (C=O) groups is 1. The molecule has 0 bridgehead atoms. The van der Waals surface area contributed by atoms with Crippen LogP contribution < -0.4 is 0 Å². The maximum absolute atomic E-state index is 11.4. The first-order valence-corrected chi connectivity index (χ1v) is 6.07. The number of nitrogens with zero attached hydrogens (tertiary/aromatic N) is 1. The Hall–Kier alpha value is -1.18. The molecule has 0 atom stereocenters. The summed E-state index contributed by atoms with van der Waals surface area (Å²) in [5, 5.41) is 8.98. The first kappa shape index (κ1) is 13.9.